The molecule has 0 atom stereocenters. The first-order valence-electron chi connectivity index (χ1n) is 4.11. The van der Waals surface area contributed by atoms with Gasteiger partial charge in [-0.2, -0.15) is 12.6 Å². The third-order valence-corrected chi connectivity index (χ3v) is 2.43. The van der Waals surface area contributed by atoms with Crippen LogP contribution in [0, 0.1) is 19.3 Å². The molecule has 13 heavy (non-hydrogen) atoms. The minimum Gasteiger partial charge on any atom is -0.398 e. The van der Waals surface area contributed by atoms with E-state index in [-0.39, 0.29) is 0 Å². The van der Waals surface area contributed by atoms with E-state index in [4.69, 9.17) is 12.2 Å². The van der Waals surface area contributed by atoms with E-state index >= 15 is 0 Å². The van der Waals surface area contributed by atoms with Gasteiger partial charge < -0.3 is 5.73 Å². The van der Waals surface area contributed by atoms with Crippen molar-refractivity contribution in [3.8, 4) is 12.3 Å². The maximum absolute atomic E-state index is 5.82. The lowest BCUT2D eigenvalue weighted by Gasteiger charge is -2.08. The van der Waals surface area contributed by atoms with Gasteiger partial charge in [-0.05, 0) is 29.7 Å². The van der Waals surface area contributed by atoms with Crippen molar-refractivity contribution in [1.82, 2.24) is 0 Å². The summed E-state index contributed by atoms with van der Waals surface area (Å²) < 4.78 is 0. The van der Waals surface area contributed by atoms with Crippen LogP contribution < -0.4 is 5.73 Å². The molecule has 0 unspecified atom stereocenters. The van der Waals surface area contributed by atoms with E-state index in [1.165, 1.54) is 0 Å². The molecule has 0 fully saturated rings. The Bertz CT molecular complexity index is 350. The SMILES string of the molecule is C#CCc1cc(N)c(C)c(CS)c1. The first kappa shape index (κ1) is 10.0. The third-order valence-electron chi connectivity index (χ3n) is 2.09. The van der Waals surface area contributed by atoms with E-state index in [2.05, 4.69) is 24.6 Å². The van der Waals surface area contributed by atoms with E-state index < -0.39 is 0 Å². The molecular formula is C11H13NS. The molecule has 2 heteroatoms. The van der Waals surface area contributed by atoms with Crippen LogP contribution in [0.2, 0.25) is 0 Å². The summed E-state index contributed by atoms with van der Waals surface area (Å²) in [4.78, 5) is 0. The number of thiol groups is 1. The van der Waals surface area contributed by atoms with Gasteiger partial charge in [-0.25, -0.2) is 0 Å². The molecule has 0 spiro atoms. The Kier molecular flexibility index (Phi) is 3.27. The molecule has 0 saturated carbocycles. The van der Waals surface area contributed by atoms with Crippen LogP contribution in [-0.4, -0.2) is 0 Å². The number of nitrogens with two attached hydrogens (primary N) is 1. The molecule has 0 saturated heterocycles. The Balaban J connectivity index is 3.16. The first-order chi connectivity index (χ1) is 6.19. The number of hydrogen-bond donors (Lipinski definition) is 2. The molecule has 0 bridgehead atoms. The predicted molar refractivity (Wildman–Crippen MR) is 60.8 cm³/mol. The zero-order chi connectivity index (χ0) is 9.84. The lowest BCUT2D eigenvalue weighted by Crippen LogP contribution is -1.97. The fourth-order valence-electron chi connectivity index (χ4n) is 1.25. The fourth-order valence-corrected chi connectivity index (χ4v) is 1.58. The fraction of sp³-hybridized carbons (Fsp3) is 0.273. The average molecular weight is 191 g/mol. The number of hydrogen-bond acceptors (Lipinski definition) is 2. The van der Waals surface area contributed by atoms with Gasteiger partial charge in [0.25, 0.3) is 0 Å². The number of anilines is 1. The van der Waals surface area contributed by atoms with Crippen LogP contribution in [0.5, 0.6) is 0 Å². The molecule has 1 aromatic carbocycles. The third kappa shape index (κ3) is 2.19. The summed E-state index contributed by atoms with van der Waals surface area (Å²) >= 11 is 4.24. The predicted octanol–water partition coefficient (Wildman–Crippen LogP) is 2.18. The largest absolute Gasteiger partial charge is 0.398 e. The van der Waals surface area contributed by atoms with Gasteiger partial charge in [0.1, 0.15) is 0 Å². The Hall–Kier alpha value is -1.07. The van der Waals surface area contributed by atoms with Crippen LogP contribution >= 0.6 is 12.6 Å². The average Bonchev–Trinajstić information content (AvgIpc) is 2.11. The normalized spacial score (nSPS) is 9.62. The lowest BCUT2D eigenvalue weighted by atomic mass is 10.0. The van der Waals surface area contributed by atoms with Crippen molar-refractivity contribution in [3.63, 3.8) is 0 Å². The highest BCUT2D eigenvalue weighted by molar-refractivity contribution is 7.79. The second-order valence-corrected chi connectivity index (χ2v) is 3.32. The van der Waals surface area contributed by atoms with Crippen LogP contribution in [-0.2, 0) is 12.2 Å². The summed E-state index contributed by atoms with van der Waals surface area (Å²) in [6.45, 7) is 2.00. The molecule has 0 heterocycles. The number of rotatable bonds is 2. The second kappa shape index (κ2) is 4.25. The molecule has 1 nitrogen and oxygen atoms in total. The van der Waals surface area contributed by atoms with Gasteiger partial charge in [-0.3, -0.25) is 0 Å². The molecular weight excluding hydrogens is 178 g/mol. The topological polar surface area (TPSA) is 26.0 Å². The zero-order valence-electron chi connectivity index (χ0n) is 7.67. The smallest absolute Gasteiger partial charge is 0.0349 e. The maximum Gasteiger partial charge on any atom is 0.0349 e. The zero-order valence-corrected chi connectivity index (χ0v) is 8.57. The minimum absolute atomic E-state index is 0.630. The number of benzene rings is 1. The highest BCUT2D eigenvalue weighted by Crippen LogP contribution is 2.20. The second-order valence-electron chi connectivity index (χ2n) is 3.01. The van der Waals surface area contributed by atoms with E-state index in [0.717, 1.165) is 22.4 Å². The minimum atomic E-state index is 0.630. The Labute approximate surface area is 84.8 Å². The maximum atomic E-state index is 5.82. The van der Waals surface area contributed by atoms with Crippen molar-refractivity contribution >= 4 is 18.3 Å². The van der Waals surface area contributed by atoms with Crippen molar-refractivity contribution in [3.05, 3.63) is 28.8 Å². The van der Waals surface area contributed by atoms with Crippen molar-refractivity contribution in [2.45, 2.75) is 19.1 Å². The van der Waals surface area contributed by atoms with Crippen LogP contribution in [0.4, 0.5) is 5.69 Å². The Morgan fingerprint density at radius 1 is 1.54 bits per heavy atom. The van der Waals surface area contributed by atoms with E-state index in [1.807, 2.05) is 13.0 Å². The van der Waals surface area contributed by atoms with Crippen molar-refractivity contribution in [2.75, 3.05) is 5.73 Å². The van der Waals surface area contributed by atoms with E-state index in [1.54, 1.807) is 0 Å². The number of nitrogen functional groups attached to an aromatic ring is 1. The molecule has 0 radical (unpaired) electrons. The molecule has 1 rings (SSSR count). The highest BCUT2D eigenvalue weighted by atomic mass is 32.1. The Morgan fingerprint density at radius 2 is 2.23 bits per heavy atom. The van der Waals surface area contributed by atoms with Gasteiger partial charge in [0.05, 0.1) is 0 Å². The molecule has 0 aromatic heterocycles. The summed E-state index contributed by atoms with van der Waals surface area (Å²) in [5.74, 6) is 3.30. The summed E-state index contributed by atoms with van der Waals surface area (Å²) in [5, 5.41) is 0. The van der Waals surface area contributed by atoms with Crippen LogP contribution in [0.1, 0.15) is 16.7 Å². The van der Waals surface area contributed by atoms with Gasteiger partial charge in [-0.15, -0.1) is 12.3 Å². The molecule has 0 amide bonds. The lowest BCUT2D eigenvalue weighted by molar-refractivity contribution is 1.24. The molecule has 0 aliphatic rings. The summed E-state index contributed by atoms with van der Waals surface area (Å²) in [6, 6.07) is 4.00. The van der Waals surface area contributed by atoms with Crippen LogP contribution in [0.15, 0.2) is 12.1 Å². The molecule has 2 N–H and O–H groups in total. The quantitative estimate of drug-likeness (QED) is 0.418. The van der Waals surface area contributed by atoms with Gasteiger partial charge in [0, 0.05) is 17.9 Å². The van der Waals surface area contributed by atoms with Crippen LogP contribution in [0.3, 0.4) is 0 Å². The van der Waals surface area contributed by atoms with Gasteiger partial charge >= 0.3 is 0 Å². The van der Waals surface area contributed by atoms with Crippen LogP contribution in [0.25, 0.3) is 0 Å². The van der Waals surface area contributed by atoms with E-state index in [0.29, 0.717) is 12.2 Å². The monoisotopic (exact) mass is 191 g/mol. The summed E-state index contributed by atoms with van der Waals surface area (Å²) in [7, 11) is 0. The standard InChI is InChI=1S/C11H13NS/c1-3-4-9-5-10(7-13)8(2)11(12)6-9/h1,5-6,13H,4,7,12H2,2H3. The van der Waals surface area contributed by atoms with Crippen molar-refractivity contribution in [1.29, 1.82) is 0 Å². The molecule has 1 aromatic rings. The highest BCUT2D eigenvalue weighted by Gasteiger charge is 2.02. The first-order valence-corrected chi connectivity index (χ1v) is 4.74. The number of terminal acetylenes is 1. The molecule has 0 aliphatic carbocycles. The van der Waals surface area contributed by atoms with Gasteiger partial charge in [0.2, 0.25) is 0 Å². The molecule has 68 valence electrons. The van der Waals surface area contributed by atoms with Gasteiger partial charge in [0.15, 0.2) is 0 Å². The molecule has 0 aliphatic heterocycles. The van der Waals surface area contributed by atoms with Crippen molar-refractivity contribution < 1.29 is 0 Å². The van der Waals surface area contributed by atoms with Gasteiger partial charge in [-0.1, -0.05) is 6.07 Å². The Morgan fingerprint density at radius 3 is 2.77 bits per heavy atom. The van der Waals surface area contributed by atoms with Crippen molar-refractivity contribution in [2.24, 2.45) is 0 Å². The summed E-state index contributed by atoms with van der Waals surface area (Å²) in [5.41, 5.74) is 9.99. The summed E-state index contributed by atoms with van der Waals surface area (Å²) in [6.07, 6.45) is 5.86. The van der Waals surface area contributed by atoms with E-state index in [9.17, 15) is 0 Å².